The largest absolute Gasteiger partial charge is 0.383 e. The Hall–Kier alpha value is -1.01. The molecule has 2 aliphatic rings. The smallest absolute Gasteiger partial charge is 0.136 e. The van der Waals surface area contributed by atoms with Crippen molar-refractivity contribution in [2.75, 3.05) is 48.7 Å². The van der Waals surface area contributed by atoms with Gasteiger partial charge in [0.15, 0.2) is 0 Å². The molecule has 0 unspecified atom stereocenters. The molecule has 3 rings (SSSR count). The van der Waals surface area contributed by atoms with Crippen LogP contribution >= 0.6 is 11.8 Å². The van der Waals surface area contributed by atoms with Crippen LogP contribution in [-0.4, -0.2) is 52.6 Å². The third-order valence-electron chi connectivity index (χ3n) is 3.97. The Balaban J connectivity index is 1.58. The Bertz CT molecular complexity index is 469. The maximum absolute atomic E-state index is 6.00. The monoisotopic (exact) mass is 293 g/mol. The number of nitrogen functional groups attached to an aromatic ring is 1. The van der Waals surface area contributed by atoms with Crippen molar-refractivity contribution in [2.24, 2.45) is 0 Å². The van der Waals surface area contributed by atoms with E-state index in [1.54, 1.807) is 0 Å². The second kappa shape index (κ2) is 6.18. The van der Waals surface area contributed by atoms with E-state index in [-0.39, 0.29) is 0 Å². The third-order valence-corrected chi connectivity index (χ3v) is 4.91. The van der Waals surface area contributed by atoms with Crippen LogP contribution in [-0.2, 0) is 0 Å². The van der Waals surface area contributed by atoms with Crippen molar-refractivity contribution in [3.05, 3.63) is 11.4 Å². The van der Waals surface area contributed by atoms with Crippen LogP contribution in [0.15, 0.2) is 0 Å². The van der Waals surface area contributed by atoms with Gasteiger partial charge >= 0.3 is 0 Å². The molecule has 2 heterocycles. The number of nitrogens with zero attached hydrogens (tertiary/aromatic N) is 3. The second-order valence-electron chi connectivity index (χ2n) is 5.60. The van der Waals surface area contributed by atoms with Gasteiger partial charge in [0.2, 0.25) is 0 Å². The normalized spacial score (nSPS) is 20.1. The van der Waals surface area contributed by atoms with Crippen molar-refractivity contribution in [1.82, 2.24) is 14.9 Å². The minimum Gasteiger partial charge on any atom is -0.383 e. The molecule has 1 saturated heterocycles. The van der Waals surface area contributed by atoms with Crippen LogP contribution in [0, 0.1) is 6.92 Å². The van der Waals surface area contributed by atoms with Gasteiger partial charge in [-0.15, -0.1) is 0 Å². The zero-order valence-corrected chi connectivity index (χ0v) is 12.9. The Morgan fingerprint density at radius 1 is 1.30 bits per heavy atom. The summed E-state index contributed by atoms with van der Waals surface area (Å²) in [6, 6.07) is 0. The maximum atomic E-state index is 6.00. The lowest BCUT2D eigenvalue weighted by Crippen LogP contribution is -2.36. The molecule has 0 spiro atoms. The molecule has 1 saturated carbocycles. The molecule has 5 nitrogen and oxygen atoms in total. The van der Waals surface area contributed by atoms with Crippen molar-refractivity contribution >= 4 is 23.4 Å². The number of nitrogens with two attached hydrogens (primary N) is 1. The van der Waals surface area contributed by atoms with Crippen LogP contribution < -0.4 is 11.1 Å². The fraction of sp³-hybridized carbons (Fsp3) is 0.714. The molecule has 3 N–H and O–H groups in total. The van der Waals surface area contributed by atoms with Gasteiger partial charge in [0.1, 0.15) is 17.5 Å². The first-order chi connectivity index (χ1) is 9.74. The van der Waals surface area contributed by atoms with E-state index >= 15 is 0 Å². The van der Waals surface area contributed by atoms with Crippen molar-refractivity contribution in [3.8, 4) is 0 Å². The van der Waals surface area contributed by atoms with Crippen LogP contribution in [0.3, 0.4) is 0 Å². The topological polar surface area (TPSA) is 67.1 Å². The number of thioether (sulfide) groups is 1. The van der Waals surface area contributed by atoms with E-state index in [1.165, 1.54) is 37.4 Å². The average molecular weight is 293 g/mol. The van der Waals surface area contributed by atoms with Crippen LogP contribution in [0.1, 0.15) is 30.1 Å². The summed E-state index contributed by atoms with van der Waals surface area (Å²) in [7, 11) is 0. The summed E-state index contributed by atoms with van der Waals surface area (Å²) in [5, 5.41) is 3.44. The first-order valence-corrected chi connectivity index (χ1v) is 8.57. The van der Waals surface area contributed by atoms with Crippen LogP contribution in [0.25, 0.3) is 0 Å². The van der Waals surface area contributed by atoms with Gasteiger partial charge in [-0.05, 0) is 19.8 Å². The molecule has 0 radical (unpaired) electrons. The summed E-state index contributed by atoms with van der Waals surface area (Å²) < 4.78 is 0. The Labute approximate surface area is 124 Å². The maximum Gasteiger partial charge on any atom is 0.136 e. The van der Waals surface area contributed by atoms with Crippen LogP contribution in [0.5, 0.6) is 0 Å². The van der Waals surface area contributed by atoms with Crippen molar-refractivity contribution in [2.45, 2.75) is 25.7 Å². The molecule has 1 aromatic heterocycles. The summed E-state index contributed by atoms with van der Waals surface area (Å²) in [5.74, 6) is 5.52. The van der Waals surface area contributed by atoms with E-state index in [9.17, 15) is 0 Å². The van der Waals surface area contributed by atoms with Crippen molar-refractivity contribution in [1.29, 1.82) is 0 Å². The lowest BCUT2D eigenvalue weighted by atomic mass is 10.3. The molecule has 0 atom stereocenters. The van der Waals surface area contributed by atoms with E-state index in [4.69, 9.17) is 5.73 Å². The molecule has 6 heteroatoms. The van der Waals surface area contributed by atoms with Gasteiger partial charge in [0.25, 0.3) is 0 Å². The first kappa shape index (κ1) is 13.9. The van der Waals surface area contributed by atoms with Gasteiger partial charge in [-0.1, -0.05) is 0 Å². The van der Waals surface area contributed by atoms with E-state index in [1.807, 2.05) is 18.7 Å². The number of aromatic nitrogens is 2. The zero-order valence-electron chi connectivity index (χ0n) is 12.1. The molecule has 2 fully saturated rings. The highest BCUT2D eigenvalue weighted by Crippen LogP contribution is 2.39. The molecule has 1 aromatic rings. The molecule has 0 bridgehead atoms. The van der Waals surface area contributed by atoms with Gasteiger partial charge in [-0.25, -0.2) is 9.97 Å². The first-order valence-electron chi connectivity index (χ1n) is 7.42. The van der Waals surface area contributed by atoms with Crippen LogP contribution in [0.4, 0.5) is 11.6 Å². The van der Waals surface area contributed by atoms with Crippen LogP contribution in [0.2, 0.25) is 0 Å². The summed E-state index contributed by atoms with van der Waals surface area (Å²) in [4.78, 5) is 11.6. The van der Waals surface area contributed by atoms with E-state index < -0.39 is 0 Å². The van der Waals surface area contributed by atoms with E-state index in [0.717, 1.165) is 30.3 Å². The quantitative estimate of drug-likeness (QED) is 0.861. The van der Waals surface area contributed by atoms with E-state index in [0.29, 0.717) is 11.7 Å². The summed E-state index contributed by atoms with van der Waals surface area (Å²) in [6.45, 7) is 6.38. The zero-order chi connectivity index (χ0) is 13.9. The highest BCUT2D eigenvalue weighted by Gasteiger charge is 2.27. The molecule has 1 aliphatic carbocycles. The minimum atomic E-state index is 0.539. The van der Waals surface area contributed by atoms with Crippen molar-refractivity contribution in [3.63, 3.8) is 0 Å². The van der Waals surface area contributed by atoms with Gasteiger partial charge in [-0.3, -0.25) is 4.90 Å². The lowest BCUT2D eigenvalue weighted by molar-refractivity contribution is 0.314. The van der Waals surface area contributed by atoms with E-state index in [2.05, 4.69) is 20.2 Å². The SMILES string of the molecule is Cc1c(N)nc(C2CC2)nc1NCCN1CCSCC1. The third kappa shape index (κ3) is 3.35. The second-order valence-corrected chi connectivity index (χ2v) is 6.82. The highest BCUT2D eigenvalue weighted by atomic mass is 32.2. The molecular formula is C14H23N5S. The number of hydrogen-bond donors (Lipinski definition) is 2. The lowest BCUT2D eigenvalue weighted by Gasteiger charge is -2.26. The summed E-state index contributed by atoms with van der Waals surface area (Å²) in [5.41, 5.74) is 6.97. The molecule has 110 valence electrons. The molecular weight excluding hydrogens is 270 g/mol. The predicted octanol–water partition coefficient (Wildman–Crippen LogP) is 1.71. The Morgan fingerprint density at radius 2 is 2.05 bits per heavy atom. The van der Waals surface area contributed by atoms with Gasteiger partial charge in [0, 0.05) is 49.2 Å². The Kier molecular flexibility index (Phi) is 4.31. The predicted molar refractivity (Wildman–Crippen MR) is 85.4 cm³/mol. The Morgan fingerprint density at radius 3 is 2.75 bits per heavy atom. The molecule has 0 amide bonds. The van der Waals surface area contributed by atoms with Crippen molar-refractivity contribution < 1.29 is 0 Å². The van der Waals surface area contributed by atoms with Gasteiger partial charge < -0.3 is 11.1 Å². The summed E-state index contributed by atoms with van der Waals surface area (Å²) in [6.07, 6.45) is 2.40. The highest BCUT2D eigenvalue weighted by molar-refractivity contribution is 7.99. The average Bonchev–Trinajstić information content (AvgIpc) is 3.29. The fourth-order valence-corrected chi connectivity index (χ4v) is 3.38. The fourth-order valence-electron chi connectivity index (χ4n) is 2.41. The van der Waals surface area contributed by atoms with Gasteiger partial charge in [-0.2, -0.15) is 11.8 Å². The van der Waals surface area contributed by atoms with Gasteiger partial charge in [0.05, 0.1) is 0 Å². The molecule has 1 aliphatic heterocycles. The molecule has 0 aromatic carbocycles. The standard InChI is InChI=1S/C14H23N5S/c1-10-12(15)17-14(11-2-3-11)18-13(10)16-4-5-19-6-8-20-9-7-19/h11H,2-9H2,1H3,(H3,15,16,17,18). The minimum absolute atomic E-state index is 0.539. The molecule has 20 heavy (non-hydrogen) atoms. The summed E-state index contributed by atoms with van der Waals surface area (Å²) >= 11 is 2.05. The number of rotatable bonds is 5. The number of hydrogen-bond acceptors (Lipinski definition) is 6. The number of anilines is 2. The number of nitrogens with one attached hydrogen (secondary N) is 1.